The number of aliphatic hydroxyl groups is 1. The van der Waals surface area contributed by atoms with Crippen LogP contribution in [0, 0.1) is 0 Å². The number of nitrogens with one attached hydrogen (secondary N) is 1. The summed E-state index contributed by atoms with van der Waals surface area (Å²) in [5.74, 6) is -2.12. The summed E-state index contributed by atoms with van der Waals surface area (Å²) in [6.45, 7) is 0.803. The van der Waals surface area contributed by atoms with E-state index in [1.54, 1.807) is 24.8 Å². The molecule has 328 valence electrons. The molecule has 0 saturated heterocycles. The number of hydrogen-bond donors (Lipinski definition) is 4. The largest absolute Gasteiger partial charge is 0.506 e. The first kappa shape index (κ1) is 44.5. The first-order chi connectivity index (χ1) is 31.6. The molecular weight excluding hydrogens is 869 g/mol. The predicted molar refractivity (Wildman–Crippen MR) is 245 cm³/mol. The quantitative estimate of drug-likeness (QED) is 0.0643. The minimum Gasteiger partial charge on any atom is -0.506 e. The number of phenolic OH excluding ortho intramolecular Hbond substituents is 1. The van der Waals surface area contributed by atoms with Crippen LogP contribution in [0.3, 0.4) is 0 Å². The third-order valence-electron chi connectivity index (χ3n) is 10.7. The molecule has 1 aliphatic carbocycles. The number of fused-ring (bicyclic) bond motifs is 2. The molecule has 2 aliphatic rings. The molecule has 4 N–H and O–H groups in total. The van der Waals surface area contributed by atoms with Gasteiger partial charge in [0.25, 0.3) is 5.91 Å². The monoisotopic (exact) mass is 909 g/mol. The van der Waals surface area contributed by atoms with E-state index in [1.165, 1.54) is 30.3 Å². The lowest BCUT2D eigenvalue weighted by molar-refractivity contribution is 0.0697. The Kier molecular flexibility index (Phi) is 13.8. The maximum Gasteiger partial charge on any atom is 0.336 e. The van der Waals surface area contributed by atoms with Gasteiger partial charge < -0.3 is 25.1 Å². The Balaban J connectivity index is 1.40. The average Bonchev–Trinajstić information content (AvgIpc) is 3.31. The Morgan fingerprint density at radius 3 is 1.65 bits per heavy atom. The van der Waals surface area contributed by atoms with Crippen molar-refractivity contribution in [1.82, 2.24) is 35.1 Å². The zero-order valence-corrected chi connectivity index (χ0v) is 36.2. The number of carboxylic acid groups (broad SMARTS) is 1. The van der Waals surface area contributed by atoms with Crippen LogP contribution in [0.15, 0.2) is 137 Å². The summed E-state index contributed by atoms with van der Waals surface area (Å²) in [5.41, 5.74) is 3.26. The number of aromatic carboxylic acids is 1. The van der Waals surface area contributed by atoms with Crippen molar-refractivity contribution >= 4 is 46.0 Å². The number of carbonyl (C=O) groups excluding carboxylic acids is 1. The van der Waals surface area contributed by atoms with Gasteiger partial charge in [0.05, 0.1) is 56.1 Å². The number of aliphatic hydroxyl groups excluding tert-OH is 1. The molecule has 65 heavy (non-hydrogen) atoms. The Morgan fingerprint density at radius 2 is 1.17 bits per heavy atom. The van der Waals surface area contributed by atoms with Gasteiger partial charge in [0, 0.05) is 92.7 Å². The fourth-order valence-corrected chi connectivity index (χ4v) is 8.24. The molecule has 16 heteroatoms. The molecule has 0 spiro atoms. The van der Waals surface area contributed by atoms with Crippen LogP contribution in [0.2, 0.25) is 10.0 Å². The van der Waals surface area contributed by atoms with Gasteiger partial charge in [0.1, 0.15) is 17.1 Å². The molecule has 4 aromatic heterocycles. The van der Waals surface area contributed by atoms with Crippen molar-refractivity contribution < 1.29 is 29.3 Å². The lowest BCUT2D eigenvalue weighted by Crippen LogP contribution is -2.27. The van der Waals surface area contributed by atoms with E-state index in [1.807, 2.05) is 82.6 Å². The normalized spacial score (nSPS) is 11.5. The second-order valence-corrected chi connectivity index (χ2v) is 16.0. The molecule has 2 aromatic carbocycles. The van der Waals surface area contributed by atoms with E-state index in [-0.39, 0.29) is 111 Å². The van der Waals surface area contributed by atoms with Gasteiger partial charge in [-0.15, -0.1) is 0 Å². The van der Waals surface area contributed by atoms with Crippen LogP contribution >= 0.6 is 23.2 Å². The molecule has 1 amide bonds. The molecule has 5 heterocycles. The lowest BCUT2D eigenvalue weighted by atomic mass is 9.87. The Labute approximate surface area is 382 Å². The Morgan fingerprint density at radius 1 is 0.646 bits per heavy atom. The fourth-order valence-electron chi connectivity index (χ4n) is 7.79. The highest BCUT2D eigenvalue weighted by atomic mass is 35.5. The summed E-state index contributed by atoms with van der Waals surface area (Å²) in [6, 6.07) is 29.2. The van der Waals surface area contributed by atoms with Gasteiger partial charge in [-0.2, -0.15) is 0 Å². The highest BCUT2D eigenvalue weighted by Gasteiger charge is 2.31. The molecule has 0 saturated carbocycles. The summed E-state index contributed by atoms with van der Waals surface area (Å²) >= 11 is 13.8. The average molecular weight is 911 g/mol. The van der Waals surface area contributed by atoms with E-state index in [9.17, 15) is 29.7 Å². The number of nitrogens with zero attached hydrogens (tertiary/aromatic N) is 6. The van der Waals surface area contributed by atoms with Crippen molar-refractivity contribution in [3.63, 3.8) is 0 Å². The second kappa shape index (κ2) is 20.2. The first-order valence-electron chi connectivity index (χ1n) is 20.5. The van der Waals surface area contributed by atoms with Gasteiger partial charge in [-0.1, -0.05) is 47.5 Å². The Hall–Kier alpha value is -7.07. The van der Waals surface area contributed by atoms with E-state index >= 15 is 0 Å². The zero-order chi connectivity index (χ0) is 45.5. The number of pyridine rings is 4. The number of carboxylic acids is 1. The Bertz CT molecular complexity index is 2920. The van der Waals surface area contributed by atoms with Crippen LogP contribution in [-0.2, 0) is 39.3 Å². The standard InChI is InChI=1S/C49H41Cl2N7O7/c50-41-22-37-43(36-21-30(48(62)56-19-20-59)13-14-35(36)49(63)64)38-23-42(51)45(61)40(29-58(26-33-11-3-7-17-54-33)27-34-12-4-8-18-55-34)47(38)65-46(37)39(44(41)60)28-57(24-31-9-1-5-15-52-31)25-32-10-2-6-16-53-32/h1-18,21-23,59-60H,19-20,24-29H2,(H,56,62)(H,63,64). The topological polar surface area (TPSA) is 195 Å². The van der Waals surface area contributed by atoms with E-state index in [0.29, 0.717) is 13.1 Å². The van der Waals surface area contributed by atoms with Crippen molar-refractivity contribution in [2.75, 3.05) is 13.2 Å². The lowest BCUT2D eigenvalue weighted by Gasteiger charge is -2.26. The second-order valence-electron chi connectivity index (χ2n) is 15.2. The van der Waals surface area contributed by atoms with Crippen LogP contribution in [-0.4, -0.2) is 70.1 Å². The number of benzene rings is 3. The molecule has 8 rings (SSSR count). The van der Waals surface area contributed by atoms with Crippen LogP contribution in [0.25, 0.3) is 33.4 Å². The number of phenols is 1. The van der Waals surface area contributed by atoms with Gasteiger partial charge >= 0.3 is 5.97 Å². The van der Waals surface area contributed by atoms with Crippen LogP contribution in [0.1, 0.15) is 54.6 Å². The van der Waals surface area contributed by atoms with Crippen molar-refractivity contribution in [1.29, 1.82) is 0 Å². The summed E-state index contributed by atoms with van der Waals surface area (Å²) in [5, 5.41) is 34.8. The third kappa shape index (κ3) is 10.2. The van der Waals surface area contributed by atoms with E-state index in [4.69, 9.17) is 27.6 Å². The summed E-state index contributed by atoms with van der Waals surface area (Å²) in [7, 11) is 0. The van der Waals surface area contributed by atoms with E-state index < -0.39 is 17.3 Å². The molecule has 0 radical (unpaired) electrons. The smallest absolute Gasteiger partial charge is 0.336 e. The summed E-state index contributed by atoms with van der Waals surface area (Å²) in [4.78, 5) is 63.2. The highest BCUT2D eigenvalue weighted by Crippen LogP contribution is 2.48. The van der Waals surface area contributed by atoms with Gasteiger partial charge in [-0.05, 0) is 84.4 Å². The van der Waals surface area contributed by atoms with Gasteiger partial charge in [0.2, 0.25) is 5.43 Å². The van der Waals surface area contributed by atoms with Crippen molar-refractivity contribution in [3.05, 3.63) is 193 Å². The van der Waals surface area contributed by atoms with Crippen LogP contribution < -0.4 is 10.7 Å². The number of hydrogen-bond acceptors (Lipinski definition) is 12. The van der Waals surface area contributed by atoms with Crippen molar-refractivity contribution in [2.24, 2.45) is 0 Å². The maximum absolute atomic E-state index is 14.5. The molecular formula is C49H41Cl2N7O7. The predicted octanol–water partition coefficient (Wildman–Crippen LogP) is 7.98. The maximum atomic E-state index is 14.5. The van der Waals surface area contributed by atoms with Gasteiger partial charge in [-0.3, -0.25) is 39.3 Å². The summed E-state index contributed by atoms with van der Waals surface area (Å²) < 4.78 is 6.93. The third-order valence-corrected chi connectivity index (χ3v) is 11.3. The van der Waals surface area contributed by atoms with Crippen molar-refractivity contribution in [2.45, 2.75) is 39.3 Å². The van der Waals surface area contributed by atoms with E-state index in [2.05, 4.69) is 25.3 Å². The van der Waals surface area contributed by atoms with Gasteiger partial charge in [0.15, 0.2) is 0 Å². The summed E-state index contributed by atoms with van der Waals surface area (Å²) in [6.07, 6.45) is 6.73. The van der Waals surface area contributed by atoms with Gasteiger partial charge in [-0.25, -0.2) is 4.79 Å². The minimum atomic E-state index is -1.31. The molecule has 14 nitrogen and oxygen atoms in total. The number of halogens is 2. The number of rotatable bonds is 17. The molecule has 0 atom stereocenters. The number of carbonyl (C=O) groups is 2. The molecule has 6 aromatic rings. The molecule has 0 fully saturated rings. The molecule has 1 aliphatic heterocycles. The van der Waals surface area contributed by atoms with Crippen molar-refractivity contribution in [3.8, 4) is 28.2 Å². The van der Waals surface area contributed by atoms with E-state index in [0.717, 1.165) is 22.8 Å². The number of aromatic nitrogens is 4. The minimum absolute atomic E-state index is 0.0124. The highest BCUT2D eigenvalue weighted by molar-refractivity contribution is 6.33. The number of amides is 1. The zero-order valence-electron chi connectivity index (χ0n) is 34.7. The van der Waals surface area contributed by atoms with Crippen LogP contribution in [0.4, 0.5) is 0 Å². The fraction of sp³-hybridized carbons (Fsp3) is 0.163. The molecule has 0 unspecified atom stereocenters. The SMILES string of the molecule is O=C(NCCO)c1ccc(C(=O)O)c(-c2c3cc(Cl)c(=O)c(CN(Cc4ccccn4)Cc4ccccn4)c-3oc3c(CN(Cc4ccccn4)Cc4ccccn4)c(O)c(Cl)cc23)c1. The first-order valence-corrected chi connectivity index (χ1v) is 21.3. The van der Waals surface area contributed by atoms with Crippen LogP contribution in [0.5, 0.6) is 5.75 Å². The molecule has 0 bridgehead atoms. The number of aromatic hydroxyl groups is 1.